The number of allylic oxidation sites excluding steroid dienone is 1. The average Bonchev–Trinajstić information content (AvgIpc) is 2.38. The Morgan fingerprint density at radius 3 is 2.44 bits per heavy atom. The minimum absolute atomic E-state index is 0.500. The van der Waals surface area contributed by atoms with Crippen molar-refractivity contribution in [1.29, 1.82) is 0 Å². The van der Waals surface area contributed by atoms with E-state index in [4.69, 9.17) is 5.11 Å². The first-order chi connectivity index (χ1) is 8.65. The Morgan fingerprint density at radius 2 is 1.89 bits per heavy atom. The van der Waals surface area contributed by atoms with E-state index in [-0.39, 0.29) is 0 Å². The van der Waals surface area contributed by atoms with E-state index in [0.29, 0.717) is 19.0 Å². The smallest absolute Gasteiger partial charge is 0.407 e. The van der Waals surface area contributed by atoms with Crippen molar-refractivity contribution >= 4 is 34.8 Å². The topological polar surface area (TPSA) is 40.5 Å². The highest BCUT2D eigenvalue weighted by atomic mass is 127. The molecule has 1 amide bonds. The molecule has 0 spiro atoms. The van der Waals surface area contributed by atoms with E-state index in [9.17, 15) is 4.79 Å². The Bertz CT molecular complexity index is 434. The molecule has 1 aromatic rings. The molecule has 0 unspecified atom stereocenters. The van der Waals surface area contributed by atoms with Gasteiger partial charge < -0.3 is 10.0 Å². The number of rotatable bonds is 2. The second-order valence-electron chi connectivity index (χ2n) is 4.52. The summed E-state index contributed by atoms with van der Waals surface area (Å²) >= 11 is 2.29. The molecule has 1 fully saturated rings. The molecule has 2 rings (SSSR count). The predicted molar refractivity (Wildman–Crippen MR) is 80.5 cm³/mol. The van der Waals surface area contributed by atoms with Crippen molar-refractivity contribution in [2.45, 2.75) is 12.8 Å². The molecule has 96 valence electrons. The Morgan fingerprint density at radius 1 is 1.28 bits per heavy atom. The number of hydrogen-bond donors (Lipinski definition) is 1. The molecule has 0 radical (unpaired) electrons. The molecule has 0 atom stereocenters. The summed E-state index contributed by atoms with van der Waals surface area (Å²) in [6.07, 6.45) is 5.40. The summed E-state index contributed by atoms with van der Waals surface area (Å²) in [7, 11) is 0. The second-order valence-corrected chi connectivity index (χ2v) is 5.76. The van der Waals surface area contributed by atoms with Crippen molar-refractivity contribution in [3.63, 3.8) is 0 Å². The summed E-state index contributed by atoms with van der Waals surface area (Å²) in [4.78, 5) is 12.3. The van der Waals surface area contributed by atoms with Gasteiger partial charge in [0, 0.05) is 16.7 Å². The first kappa shape index (κ1) is 13.4. The number of likely N-dealkylation sites (tertiary alicyclic amines) is 1. The van der Waals surface area contributed by atoms with Gasteiger partial charge in [0.25, 0.3) is 0 Å². The number of piperidine rings is 1. The van der Waals surface area contributed by atoms with Crippen LogP contribution in [0.5, 0.6) is 0 Å². The molecule has 3 nitrogen and oxygen atoms in total. The molecule has 18 heavy (non-hydrogen) atoms. The lowest BCUT2D eigenvalue weighted by atomic mass is 9.96. The molecule has 1 heterocycles. The number of amides is 1. The molecule has 0 bridgehead atoms. The third-order valence-electron chi connectivity index (χ3n) is 3.24. The zero-order chi connectivity index (χ0) is 13.0. The van der Waals surface area contributed by atoms with Crippen LogP contribution in [-0.2, 0) is 0 Å². The lowest BCUT2D eigenvalue weighted by Gasteiger charge is -2.28. The number of hydrogen-bond acceptors (Lipinski definition) is 1. The van der Waals surface area contributed by atoms with Gasteiger partial charge in [-0.05, 0) is 59.0 Å². The van der Waals surface area contributed by atoms with Gasteiger partial charge in [0.15, 0.2) is 0 Å². The largest absolute Gasteiger partial charge is 0.465 e. The monoisotopic (exact) mass is 357 g/mol. The van der Waals surface area contributed by atoms with Crippen LogP contribution in [0.4, 0.5) is 4.79 Å². The van der Waals surface area contributed by atoms with Crippen LogP contribution < -0.4 is 0 Å². The molecular formula is C14H16INO2. The minimum atomic E-state index is -0.796. The summed E-state index contributed by atoms with van der Waals surface area (Å²) in [5.74, 6) is 0.500. The molecule has 4 heteroatoms. The molecule has 1 saturated heterocycles. The molecular weight excluding hydrogens is 341 g/mol. The van der Waals surface area contributed by atoms with Gasteiger partial charge in [0.05, 0.1) is 0 Å². The van der Waals surface area contributed by atoms with Gasteiger partial charge in [-0.3, -0.25) is 0 Å². The number of carbonyl (C=O) groups is 1. The maximum absolute atomic E-state index is 10.8. The van der Waals surface area contributed by atoms with Crippen LogP contribution in [0, 0.1) is 9.49 Å². The van der Waals surface area contributed by atoms with Crippen LogP contribution in [0.2, 0.25) is 0 Å². The van der Waals surface area contributed by atoms with Crippen molar-refractivity contribution < 1.29 is 9.90 Å². The van der Waals surface area contributed by atoms with Gasteiger partial charge >= 0.3 is 6.09 Å². The van der Waals surface area contributed by atoms with Crippen LogP contribution in [0.3, 0.4) is 0 Å². The van der Waals surface area contributed by atoms with Crippen molar-refractivity contribution in [3.8, 4) is 0 Å². The zero-order valence-electron chi connectivity index (χ0n) is 10.1. The molecule has 1 N–H and O–H groups in total. The van der Waals surface area contributed by atoms with Gasteiger partial charge in [-0.25, -0.2) is 4.79 Å². The molecule has 1 aromatic carbocycles. The van der Waals surface area contributed by atoms with Crippen LogP contribution >= 0.6 is 22.6 Å². The van der Waals surface area contributed by atoms with Gasteiger partial charge in [-0.15, -0.1) is 0 Å². The Labute approximate surface area is 121 Å². The second kappa shape index (κ2) is 6.22. The fraction of sp³-hybridized carbons (Fsp3) is 0.357. The van der Waals surface area contributed by atoms with E-state index in [1.54, 1.807) is 0 Å². The Kier molecular flexibility index (Phi) is 4.63. The van der Waals surface area contributed by atoms with Crippen LogP contribution in [0.1, 0.15) is 18.4 Å². The Balaban J connectivity index is 1.87. The quantitative estimate of drug-likeness (QED) is 0.820. The van der Waals surface area contributed by atoms with Crippen LogP contribution in [-0.4, -0.2) is 29.2 Å². The highest BCUT2D eigenvalue weighted by molar-refractivity contribution is 14.1. The summed E-state index contributed by atoms with van der Waals surface area (Å²) in [5, 5.41) is 8.87. The minimum Gasteiger partial charge on any atom is -0.465 e. The van der Waals surface area contributed by atoms with E-state index >= 15 is 0 Å². The van der Waals surface area contributed by atoms with Crippen molar-refractivity contribution in [2.75, 3.05) is 13.1 Å². The lowest BCUT2D eigenvalue weighted by Crippen LogP contribution is -2.36. The maximum Gasteiger partial charge on any atom is 0.407 e. The van der Waals surface area contributed by atoms with Crippen molar-refractivity contribution in [2.24, 2.45) is 5.92 Å². The number of carboxylic acid groups (broad SMARTS) is 1. The first-order valence-electron chi connectivity index (χ1n) is 6.07. The highest BCUT2D eigenvalue weighted by Gasteiger charge is 2.20. The van der Waals surface area contributed by atoms with E-state index in [1.807, 2.05) is 0 Å². The predicted octanol–water partition coefficient (Wildman–Crippen LogP) is 3.69. The third-order valence-corrected chi connectivity index (χ3v) is 3.96. The summed E-state index contributed by atoms with van der Waals surface area (Å²) in [6.45, 7) is 1.30. The summed E-state index contributed by atoms with van der Waals surface area (Å²) < 4.78 is 1.24. The number of benzene rings is 1. The summed E-state index contributed by atoms with van der Waals surface area (Å²) in [6, 6.07) is 8.38. The van der Waals surface area contributed by atoms with E-state index < -0.39 is 6.09 Å². The van der Waals surface area contributed by atoms with Crippen LogP contribution in [0.15, 0.2) is 30.3 Å². The molecule has 0 aliphatic carbocycles. The molecule has 0 saturated carbocycles. The van der Waals surface area contributed by atoms with Gasteiger partial charge in [0.1, 0.15) is 0 Å². The van der Waals surface area contributed by atoms with Gasteiger partial charge in [-0.2, -0.15) is 0 Å². The number of halogens is 1. The van der Waals surface area contributed by atoms with Gasteiger partial charge in [0.2, 0.25) is 0 Å². The fourth-order valence-corrected chi connectivity index (χ4v) is 2.46. The van der Waals surface area contributed by atoms with E-state index in [1.165, 1.54) is 14.0 Å². The molecule has 1 aliphatic rings. The van der Waals surface area contributed by atoms with Crippen LogP contribution in [0.25, 0.3) is 6.08 Å². The molecule has 1 aliphatic heterocycles. The van der Waals surface area contributed by atoms with Gasteiger partial charge in [-0.1, -0.05) is 24.3 Å². The lowest BCUT2D eigenvalue weighted by molar-refractivity contribution is 0.129. The molecule has 0 aromatic heterocycles. The number of nitrogens with zero attached hydrogens (tertiary/aromatic N) is 1. The SMILES string of the molecule is O=C(O)N1CCC(/C=C/c2ccc(I)cc2)CC1. The van der Waals surface area contributed by atoms with E-state index in [0.717, 1.165) is 12.8 Å². The summed E-state index contributed by atoms with van der Waals surface area (Å²) in [5.41, 5.74) is 1.20. The fourth-order valence-electron chi connectivity index (χ4n) is 2.10. The van der Waals surface area contributed by atoms with E-state index in [2.05, 4.69) is 59.0 Å². The van der Waals surface area contributed by atoms with Crippen molar-refractivity contribution in [1.82, 2.24) is 4.90 Å². The maximum atomic E-state index is 10.8. The third kappa shape index (κ3) is 3.73. The first-order valence-corrected chi connectivity index (χ1v) is 7.14. The Hall–Kier alpha value is -1.04. The average molecular weight is 357 g/mol. The normalized spacial score (nSPS) is 17.3. The zero-order valence-corrected chi connectivity index (χ0v) is 12.2. The highest BCUT2D eigenvalue weighted by Crippen LogP contribution is 2.20. The van der Waals surface area contributed by atoms with Crippen molar-refractivity contribution in [3.05, 3.63) is 39.5 Å². The standard InChI is InChI=1S/C14H16INO2/c15-13-5-3-11(4-6-13)1-2-12-7-9-16(10-8-12)14(17)18/h1-6,12H,7-10H2,(H,17,18)/b2-1+.